The minimum atomic E-state index is -0.281. The third-order valence-electron chi connectivity index (χ3n) is 3.26. The summed E-state index contributed by atoms with van der Waals surface area (Å²) in [5.74, 6) is 0.0753. The highest BCUT2D eigenvalue weighted by molar-refractivity contribution is 5.85. The van der Waals surface area contributed by atoms with E-state index in [2.05, 4.69) is 10.3 Å². The summed E-state index contributed by atoms with van der Waals surface area (Å²) in [4.78, 5) is 16.0. The Balaban J connectivity index is 1.98. The Kier molecular flexibility index (Phi) is 2.92. The summed E-state index contributed by atoms with van der Waals surface area (Å²) in [6.45, 7) is 2.40. The van der Waals surface area contributed by atoms with Crippen LogP contribution in [0.3, 0.4) is 0 Å². The minimum absolute atomic E-state index is 0.00905. The fourth-order valence-corrected chi connectivity index (χ4v) is 1.74. The molecule has 86 valence electrons. The van der Waals surface area contributed by atoms with Crippen molar-refractivity contribution in [3.05, 3.63) is 30.1 Å². The molecule has 16 heavy (non-hydrogen) atoms. The number of amides is 1. The first-order valence-electron chi connectivity index (χ1n) is 5.59. The van der Waals surface area contributed by atoms with Gasteiger partial charge in [-0.15, -0.1) is 0 Å². The van der Waals surface area contributed by atoms with E-state index in [9.17, 15) is 4.79 Å². The van der Waals surface area contributed by atoms with Gasteiger partial charge in [0.05, 0.1) is 11.5 Å². The van der Waals surface area contributed by atoms with Gasteiger partial charge in [0.2, 0.25) is 5.91 Å². The van der Waals surface area contributed by atoms with Crippen LogP contribution in [-0.2, 0) is 4.79 Å². The predicted molar refractivity (Wildman–Crippen MR) is 61.5 cm³/mol. The average molecular weight is 219 g/mol. The summed E-state index contributed by atoms with van der Waals surface area (Å²) >= 11 is 0. The second-order valence-electron chi connectivity index (χ2n) is 4.47. The van der Waals surface area contributed by atoms with Gasteiger partial charge in [-0.3, -0.25) is 9.78 Å². The van der Waals surface area contributed by atoms with E-state index < -0.39 is 0 Å². The van der Waals surface area contributed by atoms with Crippen LogP contribution in [-0.4, -0.2) is 17.4 Å². The molecule has 1 aliphatic rings. The highest BCUT2D eigenvalue weighted by Gasteiger charge is 2.48. The van der Waals surface area contributed by atoms with Crippen LogP contribution >= 0.6 is 0 Å². The van der Waals surface area contributed by atoms with Gasteiger partial charge in [0.15, 0.2) is 0 Å². The molecule has 0 saturated heterocycles. The summed E-state index contributed by atoms with van der Waals surface area (Å²) in [5.41, 5.74) is 6.35. The van der Waals surface area contributed by atoms with Gasteiger partial charge in [-0.25, -0.2) is 0 Å². The van der Waals surface area contributed by atoms with E-state index in [-0.39, 0.29) is 17.4 Å². The third kappa shape index (κ3) is 2.07. The highest BCUT2D eigenvalue weighted by atomic mass is 16.2. The number of nitrogens with zero attached hydrogens (tertiary/aromatic N) is 1. The van der Waals surface area contributed by atoms with Crippen LogP contribution in [0.15, 0.2) is 24.5 Å². The molecule has 1 aromatic rings. The van der Waals surface area contributed by atoms with Gasteiger partial charge in [0.25, 0.3) is 0 Å². The van der Waals surface area contributed by atoms with Crippen molar-refractivity contribution in [3.8, 4) is 0 Å². The van der Waals surface area contributed by atoms with E-state index in [0.717, 1.165) is 18.4 Å². The van der Waals surface area contributed by atoms with Crippen molar-refractivity contribution in [2.75, 3.05) is 6.54 Å². The average Bonchev–Trinajstić information content (AvgIpc) is 3.11. The topological polar surface area (TPSA) is 68.0 Å². The number of hydrogen-bond acceptors (Lipinski definition) is 3. The standard InChI is InChI=1S/C12H17N3O/c1-9(10-3-2-6-14-7-10)15-11(16)12(8-13)4-5-12/h2-3,6-7,9H,4-5,8,13H2,1H3,(H,15,16). The lowest BCUT2D eigenvalue weighted by molar-refractivity contribution is -0.126. The van der Waals surface area contributed by atoms with Crippen molar-refractivity contribution in [1.29, 1.82) is 0 Å². The molecule has 1 saturated carbocycles. The minimum Gasteiger partial charge on any atom is -0.349 e. The summed E-state index contributed by atoms with van der Waals surface area (Å²) in [5, 5.41) is 2.99. The van der Waals surface area contributed by atoms with Gasteiger partial charge < -0.3 is 11.1 Å². The van der Waals surface area contributed by atoms with Gasteiger partial charge in [-0.1, -0.05) is 6.07 Å². The zero-order valence-corrected chi connectivity index (χ0v) is 9.44. The van der Waals surface area contributed by atoms with Gasteiger partial charge in [-0.05, 0) is 31.4 Å². The second-order valence-corrected chi connectivity index (χ2v) is 4.47. The molecule has 0 bridgehead atoms. The molecule has 1 heterocycles. The maximum absolute atomic E-state index is 11.9. The molecule has 1 unspecified atom stereocenters. The first kappa shape index (κ1) is 11.1. The zero-order valence-electron chi connectivity index (χ0n) is 9.44. The molecule has 0 radical (unpaired) electrons. The maximum Gasteiger partial charge on any atom is 0.227 e. The molecule has 0 spiro atoms. The molecule has 4 nitrogen and oxygen atoms in total. The Morgan fingerprint density at radius 3 is 2.94 bits per heavy atom. The molecule has 0 aromatic carbocycles. The fraction of sp³-hybridized carbons (Fsp3) is 0.500. The lowest BCUT2D eigenvalue weighted by Gasteiger charge is -2.18. The number of hydrogen-bond donors (Lipinski definition) is 2. The van der Waals surface area contributed by atoms with Gasteiger partial charge in [0, 0.05) is 18.9 Å². The second kappa shape index (κ2) is 4.22. The Bertz CT molecular complexity index is 373. The molecule has 1 aromatic heterocycles. The molecule has 1 aliphatic carbocycles. The van der Waals surface area contributed by atoms with E-state index >= 15 is 0 Å². The van der Waals surface area contributed by atoms with Crippen molar-refractivity contribution >= 4 is 5.91 Å². The van der Waals surface area contributed by atoms with Crippen molar-refractivity contribution in [3.63, 3.8) is 0 Å². The monoisotopic (exact) mass is 219 g/mol. The number of carbonyl (C=O) groups excluding carboxylic acids is 1. The molecule has 1 fully saturated rings. The number of nitrogens with two attached hydrogens (primary N) is 1. The van der Waals surface area contributed by atoms with Crippen LogP contribution in [0.2, 0.25) is 0 Å². The molecule has 2 rings (SSSR count). The summed E-state index contributed by atoms with van der Waals surface area (Å²) in [6, 6.07) is 3.82. The quantitative estimate of drug-likeness (QED) is 0.793. The Morgan fingerprint density at radius 2 is 2.44 bits per heavy atom. The molecule has 0 aliphatic heterocycles. The molecular formula is C12H17N3O. The van der Waals surface area contributed by atoms with Crippen molar-refractivity contribution in [1.82, 2.24) is 10.3 Å². The van der Waals surface area contributed by atoms with Crippen LogP contribution in [0.1, 0.15) is 31.4 Å². The van der Waals surface area contributed by atoms with Crippen LogP contribution in [0.25, 0.3) is 0 Å². The Morgan fingerprint density at radius 1 is 1.69 bits per heavy atom. The lowest BCUT2D eigenvalue weighted by atomic mass is 10.1. The number of rotatable bonds is 4. The molecule has 1 amide bonds. The smallest absolute Gasteiger partial charge is 0.227 e. The van der Waals surface area contributed by atoms with E-state index in [1.54, 1.807) is 12.4 Å². The number of carbonyl (C=O) groups is 1. The zero-order chi connectivity index (χ0) is 11.6. The van der Waals surface area contributed by atoms with Crippen LogP contribution in [0.5, 0.6) is 0 Å². The van der Waals surface area contributed by atoms with Gasteiger partial charge in [-0.2, -0.15) is 0 Å². The number of aromatic nitrogens is 1. The van der Waals surface area contributed by atoms with Crippen molar-refractivity contribution in [2.24, 2.45) is 11.1 Å². The summed E-state index contributed by atoms with van der Waals surface area (Å²) in [6.07, 6.45) is 5.32. The SMILES string of the molecule is CC(NC(=O)C1(CN)CC1)c1cccnc1. The molecular weight excluding hydrogens is 202 g/mol. The maximum atomic E-state index is 11.9. The van der Waals surface area contributed by atoms with Crippen molar-refractivity contribution < 1.29 is 4.79 Å². The third-order valence-corrected chi connectivity index (χ3v) is 3.26. The normalized spacial score (nSPS) is 18.9. The van der Waals surface area contributed by atoms with Gasteiger partial charge in [0.1, 0.15) is 0 Å². The Hall–Kier alpha value is -1.42. The van der Waals surface area contributed by atoms with E-state index in [1.165, 1.54) is 0 Å². The van der Waals surface area contributed by atoms with Crippen LogP contribution in [0.4, 0.5) is 0 Å². The van der Waals surface area contributed by atoms with Crippen molar-refractivity contribution in [2.45, 2.75) is 25.8 Å². The van der Waals surface area contributed by atoms with E-state index in [0.29, 0.717) is 6.54 Å². The molecule has 4 heteroatoms. The summed E-state index contributed by atoms with van der Waals surface area (Å²) in [7, 11) is 0. The molecule has 1 atom stereocenters. The van der Waals surface area contributed by atoms with E-state index in [1.807, 2.05) is 19.1 Å². The Labute approximate surface area is 95.3 Å². The number of nitrogens with one attached hydrogen (secondary N) is 1. The predicted octanol–water partition coefficient (Wildman–Crippen LogP) is 0.998. The number of pyridine rings is 1. The first-order chi connectivity index (χ1) is 7.68. The summed E-state index contributed by atoms with van der Waals surface area (Å²) < 4.78 is 0. The van der Waals surface area contributed by atoms with Gasteiger partial charge >= 0.3 is 0 Å². The lowest BCUT2D eigenvalue weighted by Crippen LogP contribution is -2.37. The highest BCUT2D eigenvalue weighted by Crippen LogP contribution is 2.45. The molecule has 3 N–H and O–H groups in total. The fourth-order valence-electron chi connectivity index (χ4n) is 1.74. The van der Waals surface area contributed by atoms with Crippen LogP contribution < -0.4 is 11.1 Å². The first-order valence-corrected chi connectivity index (χ1v) is 5.59. The van der Waals surface area contributed by atoms with Crippen LogP contribution in [0, 0.1) is 5.41 Å². The van der Waals surface area contributed by atoms with E-state index in [4.69, 9.17) is 5.73 Å². The largest absolute Gasteiger partial charge is 0.349 e.